The van der Waals surface area contributed by atoms with Crippen molar-refractivity contribution in [1.82, 2.24) is 20.4 Å². The van der Waals surface area contributed by atoms with E-state index in [-0.39, 0.29) is 5.69 Å². The van der Waals surface area contributed by atoms with Gasteiger partial charge in [0.2, 0.25) is 0 Å². The maximum Gasteiger partial charge on any atom is 0.354 e. The molecule has 0 aliphatic rings. The van der Waals surface area contributed by atoms with E-state index >= 15 is 0 Å². The first-order chi connectivity index (χ1) is 8.09. The fraction of sp³-hybridized carbons (Fsp3) is 0.300. The Bertz CT molecular complexity index is 523. The molecule has 0 aromatic carbocycles. The van der Waals surface area contributed by atoms with E-state index in [1.165, 1.54) is 6.20 Å². The van der Waals surface area contributed by atoms with E-state index in [4.69, 9.17) is 5.11 Å². The smallest absolute Gasteiger partial charge is 0.354 e. The van der Waals surface area contributed by atoms with Crippen molar-refractivity contribution >= 4 is 11.7 Å². The molecule has 90 valence electrons. The van der Waals surface area contributed by atoms with Crippen LogP contribution in [0, 0.1) is 13.8 Å². The highest BCUT2D eigenvalue weighted by molar-refractivity contribution is 5.87. The molecule has 7 nitrogen and oxygen atoms in total. The molecule has 0 unspecified atom stereocenters. The van der Waals surface area contributed by atoms with Gasteiger partial charge in [-0.05, 0) is 13.8 Å². The summed E-state index contributed by atoms with van der Waals surface area (Å²) in [5.41, 5.74) is 3.38. The summed E-state index contributed by atoms with van der Waals surface area (Å²) in [6.07, 6.45) is 1.50. The first-order valence-electron chi connectivity index (χ1n) is 5.10. The van der Waals surface area contributed by atoms with Gasteiger partial charge in [-0.1, -0.05) is 0 Å². The number of nitrogens with one attached hydrogen (secondary N) is 3. The summed E-state index contributed by atoms with van der Waals surface area (Å²) in [5, 5.41) is 25.1. The van der Waals surface area contributed by atoms with Crippen molar-refractivity contribution < 1.29 is 9.90 Å². The van der Waals surface area contributed by atoms with Crippen molar-refractivity contribution in [2.24, 2.45) is 0 Å². The Morgan fingerprint density at radius 3 is 2.82 bits per heavy atom. The van der Waals surface area contributed by atoms with Crippen LogP contribution in [0.3, 0.4) is 0 Å². The van der Waals surface area contributed by atoms with Gasteiger partial charge in [-0.25, -0.2) is 4.79 Å². The molecular formula is C10H13N5O2. The highest BCUT2D eigenvalue weighted by atomic mass is 16.4. The largest absolute Gasteiger partial charge is 0.477 e. The Hall–Kier alpha value is -2.31. The van der Waals surface area contributed by atoms with Gasteiger partial charge in [0.25, 0.3) is 0 Å². The van der Waals surface area contributed by atoms with E-state index in [0.29, 0.717) is 12.1 Å². The van der Waals surface area contributed by atoms with Gasteiger partial charge in [0.1, 0.15) is 5.69 Å². The maximum atomic E-state index is 10.9. The van der Waals surface area contributed by atoms with Gasteiger partial charge in [-0.2, -0.15) is 10.2 Å². The Balaban J connectivity index is 2.13. The number of hydrogen-bond donors (Lipinski definition) is 4. The number of aryl methyl sites for hydroxylation is 2. The number of aromatic nitrogens is 4. The van der Waals surface area contributed by atoms with Crippen molar-refractivity contribution in [2.45, 2.75) is 20.4 Å². The molecule has 0 bridgehead atoms. The van der Waals surface area contributed by atoms with Gasteiger partial charge >= 0.3 is 5.97 Å². The maximum absolute atomic E-state index is 10.9. The number of H-pyrrole nitrogens is 2. The van der Waals surface area contributed by atoms with Crippen molar-refractivity contribution in [3.8, 4) is 0 Å². The number of nitrogens with zero attached hydrogens (tertiary/aromatic N) is 2. The summed E-state index contributed by atoms with van der Waals surface area (Å²) in [6, 6.07) is 0. The second-order valence-electron chi connectivity index (χ2n) is 3.74. The summed E-state index contributed by atoms with van der Waals surface area (Å²) in [5.74, 6) is -1.01. The van der Waals surface area contributed by atoms with E-state index in [1.807, 2.05) is 13.8 Å². The van der Waals surface area contributed by atoms with Crippen LogP contribution >= 0.6 is 0 Å². The van der Waals surface area contributed by atoms with E-state index in [2.05, 4.69) is 25.7 Å². The van der Waals surface area contributed by atoms with Gasteiger partial charge in [0.15, 0.2) is 0 Å². The molecule has 7 heteroatoms. The molecule has 4 N–H and O–H groups in total. The molecule has 0 saturated carbocycles. The molecule has 2 rings (SSSR count). The molecule has 2 heterocycles. The number of aromatic amines is 2. The highest BCUT2D eigenvalue weighted by Crippen LogP contribution is 2.17. The SMILES string of the molecule is Cc1n[nH]c(C)c1NCc1cn[nH]c1C(=O)O. The third-order valence-electron chi connectivity index (χ3n) is 2.52. The van der Waals surface area contributed by atoms with Crippen LogP contribution in [-0.2, 0) is 6.54 Å². The van der Waals surface area contributed by atoms with Crippen LogP contribution in [0.4, 0.5) is 5.69 Å². The monoisotopic (exact) mass is 235 g/mol. The molecule has 17 heavy (non-hydrogen) atoms. The molecule has 0 atom stereocenters. The topological polar surface area (TPSA) is 107 Å². The van der Waals surface area contributed by atoms with Crippen molar-refractivity contribution in [3.63, 3.8) is 0 Å². The third kappa shape index (κ3) is 2.12. The quantitative estimate of drug-likeness (QED) is 0.634. The van der Waals surface area contributed by atoms with Gasteiger partial charge in [-0.3, -0.25) is 10.2 Å². The normalized spacial score (nSPS) is 10.5. The Morgan fingerprint density at radius 1 is 1.47 bits per heavy atom. The van der Waals surface area contributed by atoms with Crippen LogP contribution in [0.5, 0.6) is 0 Å². The van der Waals surface area contributed by atoms with E-state index in [1.54, 1.807) is 0 Å². The lowest BCUT2D eigenvalue weighted by atomic mass is 10.2. The molecule has 0 aliphatic heterocycles. The molecule has 0 radical (unpaired) electrons. The molecular weight excluding hydrogens is 222 g/mol. The first-order valence-corrected chi connectivity index (χ1v) is 5.10. The minimum atomic E-state index is -1.01. The molecule has 0 spiro atoms. The zero-order valence-electron chi connectivity index (χ0n) is 9.53. The zero-order valence-corrected chi connectivity index (χ0v) is 9.53. The fourth-order valence-electron chi connectivity index (χ4n) is 1.63. The van der Waals surface area contributed by atoms with Gasteiger partial charge in [-0.15, -0.1) is 0 Å². The Morgan fingerprint density at radius 2 is 2.24 bits per heavy atom. The number of anilines is 1. The van der Waals surface area contributed by atoms with Crippen molar-refractivity contribution in [2.75, 3.05) is 5.32 Å². The number of carboxylic acid groups (broad SMARTS) is 1. The highest BCUT2D eigenvalue weighted by Gasteiger charge is 2.13. The number of aromatic carboxylic acids is 1. The van der Waals surface area contributed by atoms with Crippen molar-refractivity contribution in [1.29, 1.82) is 0 Å². The average Bonchev–Trinajstić information content (AvgIpc) is 2.85. The minimum Gasteiger partial charge on any atom is -0.477 e. The first kappa shape index (κ1) is 11.2. The van der Waals surface area contributed by atoms with E-state index in [9.17, 15) is 4.79 Å². The summed E-state index contributed by atoms with van der Waals surface area (Å²) < 4.78 is 0. The van der Waals surface area contributed by atoms with Crippen LogP contribution < -0.4 is 5.32 Å². The standard InChI is InChI=1S/C10H13N5O2/c1-5-8(6(2)14-13-5)11-3-7-4-12-15-9(7)10(16)17/h4,11H,3H2,1-2H3,(H,12,15)(H,13,14)(H,16,17). The number of rotatable bonds is 4. The van der Waals surface area contributed by atoms with Gasteiger partial charge in [0, 0.05) is 12.1 Å². The van der Waals surface area contributed by atoms with Crippen LogP contribution in [-0.4, -0.2) is 31.5 Å². The van der Waals surface area contributed by atoms with Crippen molar-refractivity contribution in [3.05, 3.63) is 28.8 Å². The van der Waals surface area contributed by atoms with Gasteiger partial charge < -0.3 is 10.4 Å². The molecule has 2 aromatic heterocycles. The minimum absolute atomic E-state index is 0.108. The summed E-state index contributed by atoms with van der Waals surface area (Å²) >= 11 is 0. The predicted molar refractivity (Wildman–Crippen MR) is 60.9 cm³/mol. The van der Waals surface area contributed by atoms with E-state index in [0.717, 1.165) is 17.1 Å². The molecule has 0 amide bonds. The lowest BCUT2D eigenvalue weighted by molar-refractivity contribution is 0.0689. The fourth-order valence-corrected chi connectivity index (χ4v) is 1.63. The Labute approximate surface area is 97.2 Å². The number of carboxylic acids is 1. The van der Waals surface area contributed by atoms with Gasteiger partial charge in [0.05, 0.1) is 23.3 Å². The predicted octanol–water partition coefficient (Wildman–Crippen LogP) is 1.06. The lowest BCUT2D eigenvalue weighted by Crippen LogP contribution is -2.06. The summed E-state index contributed by atoms with van der Waals surface area (Å²) in [4.78, 5) is 10.9. The average molecular weight is 235 g/mol. The van der Waals surface area contributed by atoms with Crippen LogP contribution in [0.1, 0.15) is 27.4 Å². The van der Waals surface area contributed by atoms with Crippen LogP contribution in [0.15, 0.2) is 6.20 Å². The second-order valence-corrected chi connectivity index (χ2v) is 3.74. The number of carbonyl (C=O) groups is 1. The molecule has 2 aromatic rings. The zero-order chi connectivity index (χ0) is 12.4. The second kappa shape index (κ2) is 4.28. The van der Waals surface area contributed by atoms with Crippen LogP contribution in [0.2, 0.25) is 0 Å². The van der Waals surface area contributed by atoms with Crippen LogP contribution in [0.25, 0.3) is 0 Å². The third-order valence-corrected chi connectivity index (χ3v) is 2.52. The summed E-state index contributed by atoms with van der Waals surface area (Å²) in [7, 11) is 0. The van der Waals surface area contributed by atoms with E-state index < -0.39 is 5.97 Å². The molecule has 0 fully saturated rings. The number of hydrogen-bond acceptors (Lipinski definition) is 4. The summed E-state index contributed by atoms with van der Waals surface area (Å²) in [6.45, 7) is 4.16. The Kier molecular flexibility index (Phi) is 2.82. The lowest BCUT2D eigenvalue weighted by Gasteiger charge is -2.05. The molecule has 0 saturated heterocycles. The molecule has 0 aliphatic carbocycles.